The molecule has 0 spiro atoms. The number of carbonyl (C=O) groups excluding carboxylic acids is 3. The van der Waals surface area contributed by atoms with E-state index in [1.807, 2.05) is 18.2 Å². The number of methoxy groups -OCH3 is 1. The topological polar surface area (TPSA) is 92.9 Å². The number of amides is 3. The molecule has 3 amide bonds. The molecule has 3 aliphatic rings. The number of ether oxygens (including phenoxy) is 1. The molecule has 2 aliphatic heterocycles. The summed E-state index contributed by atoms with van der Waals surface area (Å²) in [4.78, 5) is 39.3. The number of likely N-dealkylation sites (tertiary alicyclic amines) is 2. The summed E-state index contributed by atoms with van der Waals surface area (Å²) in [5.74, 6) is 0.0327. The van der Waals surface area contributed by atoms with Gasteiger partial charge >= 0.3 is 0 Å². The molecular formula is C22H30ClN3O4. The van der Waals surface area contributed by atoms with Crippen molar-refractivity contribution in [2.24, 2.45) is 17.6 Å². The molecule has 30 heavy (non-hydrogen) atoms. The van der Waals surface area contributed by atoms with Crippen LogP contribution in [0.2, 0.25) is 0 Å². The molecule has 2 saturated heterocycles. The predicted molar refractivity (Wildman–Crippen MR) is 114 cm³/mol. The lowest BCUT2D eigenvalue weighted by atomic mass is 9.62. The minimum atomic E-state index is -0.431. The van der Waals surface area contributed by atoms with Crippen molar-refractivity contribution < 1.29 is 19.1 Å². The van der Waals surface area contributed by atoms with Crippen LogP contribution in [0.15, 0.2) is 24.3 Å². The second-order valence-electron chi connectivity index (χ2n) is 8.47. The summed E-state index contributed by atoms with van der Waals surface area (Å²) in [5, 5.41) is 0. The van der Waals surface area contributed by atoms with Gasteiger partial charge in [-0.05, 0) is 30.5 Å². The zero-order valence-electron chi connectivity index (χ0n) is 17.3. The van der Waals surface area contributed by atoms with Gasteiger partial charge in [0, 0.05) is 63.5 Å². The molecule has 0 radical (unpaired) electrons. The third-order valence-electron chi connectivity index (χ3n) is 7.01. The third kappa shape index (κ3) is 3.86. The standard InChI is InChI=1S/C22H29N3O4.ClH/c1-29-22(16-5-2-4-15(12-16)21(23)28)17-6-3-7-18(22)14-24(13-17)10-11-25-19(26)8-9-20(25)27;/h2,4-5,12,17-18H,3,6-11,13-14H2,1H3,(H2,23,28);1H/t17-,18+,22?;. The Kier molecular flexibility index (Phi) is 6.84. The molecule has 2 N–H and O–H groups in total. The SMILES string of the molecule is COC1(c2cccc(C(N)=O)c2)[C@@H]2CCC[C@H]1CN(CCN1C(=O)CCC1=O)C2.Cl. The van der Waals surface area contributed by atoms with Gasteiger partial charge in [-0.15, -0.1) is 12.4 Å². The Labute approximate surface area is 183 Å². The Morgan fingerprint density at radius 3 is 2.33 bits per heavy atom. The van der Waals surface area contributed by atoms with Crippen LogP contribution in [0.1, 0.15) is 48.0 Å². The molecule has 3 atom stereocenters. The quantitative estimate of drug-likeness (QED) is 0.689. The van der Waals surface area contributed by atoms with Crippen molar-refractivity contribution in [2.45, 2.75) is 37.7 Å². The number of hydrogen-bond acceptors (Lipinski definition) is 5. The maximum absolute atomic E-state index is 11.9. The second kappa shape index (κ2) is 9.04. The molecule has 4 rings (SSSR count). The van der Waals surface area contributed by atoms with Crippen molar-refractivity contribution in [1.82, 2.24) is 9.80 Å². The molecule has 2 heterocycles. The monoisotopic (exact) mass is 435 g/mol. The maximum Gasteiger partial charge on any atom is 0.248 e. The highest BCUT2D eigenvalue weighted by atomic mass is 35.5. The number of hydrogen-bond donors (Lipinski definition) is 1. The largest absolute Gasteiger partial charge is 0.373 e. The predicted octanol–water partition coefficient (Wildman–Crippen LogP) is 1.93. The fourth-order valence-corrected chi connectivity index (χ4v) is 5.66. The second-order valence-corrected chi connectivity index (χ2v) is 8.47. The molecule has 1 aromatic rings. The average Bonchev–Trinajstić information content (AvgIpc) is 3.03. The van der Waals surface area contributed by atoms with E-state index in [9.17, 15) is 14.4 Å². The molecule has 1 aliphatic carbocycles. The van der Waals surface area contributed by atoms with Gasteiger partial charge in [-0.25, -0.2) is 0 Å². The van der Waals surface area contributed by atoms with Gasteiger partial charge in [0.15, 0.2) is 0 Å². The van der Waals surface area contributed by atoms with E-state index in [1.165, 1.54) is 4.90 Å². The van der Waals surface area contributed by atoms with Crippen molar-refractivity contribution in [3.8, 4) is 0 Å². The number of nitrogens with zero attached hydrogens (tertiary/aromatic N) is 2. The van der Waals surface area contributed by atoms with Crippen molar-refractivity contribution in [3.05, 3.63) is 35.4 Å². The first-order valence-electron chi connectivity index (χ1n) is 10.5. The van der Waals surface area contributed by atoms with Gasteiger partial charge in [-0.1, -0.05) is 18.6 Å². The van der Waals surface area contributed by atoms with Crippen LogP contribution in [0.5, 0.6) is 0 Å². The van der Waals surface area contributed by atoms with Crippen LogP contribution in [-0.4, -0.2) is 60.8 Å². The Balaban J connectivity index is 0.00000256. The third-order valence-corrected chi connectivity index (χ3v) is 7.01. The highest BCUT2D eigenvalue weighted by Crippen LogP contribution is 2.51. The maximum atomic E-state index is 11.9. The molecule has 2 bridgehead atoms. The van der Waals surface area contributed by atoms with Crippen LogP contribution < -0.4 is 5.73 Å². The van der Waals surface area contributed by atoms with E-state index in [4.69, 9.17) is 10.5 Å². The first-order valence-corrected chi connectivity index (χ1v) is 10.5. The smallest absolute Gasteiger partial charge is 0.248 e. The van der Waals surface area contributed by atoms with E-state index < -0.39 is 11.5 Å². The number of piperidine rings is 1. The van der Waals surface area contributed by atoms with E-state index in [2.05, 4.69) is 4.90 Å². The van der Waals surface area contributed by atoms with Gasteiger partial charge in [0.1, 0.15) is 5.60 Å². The van der Waals surface area contributed by atoms with Crippen LogP contribution in [0.25, 0.3) is 0 Å². The van der Waals surface area contributed by atoms with Crippen LogP contribution >= 0.6 is 12.4 Å². The van der Waals surface area contributed by atoms with E-state index in [0.717, 1.165) is 37.9 Å². The van der Waals surface area contributed by atoms with Gasteiger partial charge in [0.25, 0.3) is 0 Å². The van der Waals surface area contributed by atoms with Crippen molar-refractivity contribution in [1.29, 1.82) is 0 Å². The number of rotatable bonds is 6. The average molecular weight is 436 g/mol. The van der Waals surface area contributed by atoms with E-state index in [1.54, 1.807) is 13.2 Å². The molecule has 8 heteroatoms. The van der Waals surface area contributed by atoms with Gasteiger partial charge in [0.2, 0.25) is 17.7 Å². The lowest BCUT2D eigenvalue weighted by Crippen LogP contribution is -2.59. The van der Waals surface area contributed by atoms with Crippen LogP contribution in [0.4, 0.5) is 0 Å². The van der Waals surface area contributed by atoms with Crippen LogP contribution in [0.3, 0.4) is 0 Å². The molecule has 1 aromatic carbocycles. The highest BCUT2D eigenvalue weighted by Gasteiger charge is 2.53. The number of primary amides is 1. The molecule has 7 nitrogen and oxygen atoms in total. The van der Waals surface area contributed by atoms with Crippen molar-refractivity contribution in [3.63, 3.8) is 0 Å². The number of benzene rings is 1. The minimum absolute atomic E-state index is 0. The summed E-state index contributed by atoms with van der Waals surface area (Å²) in [6.45, 7) is 2.86. The fourth-order valence-electron chi connectivity index (χ4n) is 5.66. The molecule has 1 unspecified atom stereocenters. The van der Waals surface area contributed by atoms with E-state index >= 15 is 0 Å². The van der Waals surface area contributed by atoms with Crippen LogP contribution in [0, 0.1) is 11.8 Å². The summed E-state index contributed by atoms with van der Waals surface area (Å²) in [7, 11) is 1.76. The Hall–Kier alpha value is -1.96. The van der Waals surface area contributed by atoms with Gasteiger partial charge in [0.05, 0.1) is 0 Å². The number of fused-ring (bicyclic) bond motifs is 2. The van der Waals surface area contributed by atoms with E-state index in [-0.39, 0.29) is 36.1 Å². The molecule has 1 saturated carbocycles. The highest BCUT2D eigenvalue weighted by molar-refractivity contribution is 6.01. The normalized spacial score (nSPS) is 29.0. The molecule has 0 aromatic heterocycles. The van der Waals surface area contributed by atoms with Gasteiger partial charge in [-0.3, -0.25) is 19.3 Å². The van der Waals surface area contributed by atoms with Gasteiger partial charge in [-0.2, -0.15) is 0 Å². The van der Waals surface area contributed by atoms with Crippen LogP contribution in [-0.2, 0) is 19.9 Å². The fraction of sp³-hybridized carbons (Fsp3) is 0.591. The van der Waals surface area contributed by atoms with E-state index in [0.29, 0.717) is 31.5 Å². The molecule has 164 valence electrons. The summed E-state index contributed by atoms with van der Waals surface area (Å²) in [5.41, 5.74) is 6.61. The number of halogens is 1. The number of carbonyl (C=O) groups is 3. The Morgan fingerprint density at radius 2 is 1.77 bits per heavy atom. The Morgan fingerprint density at radius 1 is 1.13 bits per heavy atom. The zero-order valence-corrected chi connectivity index (χ0v) is 18.2. The van der Waals surface area contributed by atoms with Crippen molar-refractivity contribution in [2.75, 3.05) is 33.3 Å². The summed E-state index contributed by atoms with van der Waals surface area (Å²) in [6, 6.07) is 7.54. The summed E-state index contributed by atoms with van der Waals surface area (Å²) >= 11 is 0. The lowest BCUT2D eigenvalue weighted by Gasteiger charge is -2.55. The first kappa shape index (κ1) is 22.7. The van der Waals surface area contributed by atoms with Gasteiger partial charge < -0.3 is 15.4 Å². The summed E-state index contributed by atoms with van der Waals surface area (Å²) in [6.07, 6.45) is 3.93. The summed E-state index contributed by atoms with van der Waals surface area (Å²) < 4.78 is 6.23. The minimum Gasteiger partial charge on any atom is -0.373 e. The molecular weight excluding hydrogens is 406 g/mol. The molecule has 3 fully saturated rings. The Bertz CT molecular complexity index is 800. The number of nitrogens with two attached hydrogens (primary N) is 1. The first-order chi connectivity index (χ1) is 14.0. The zero-order chi connectivity index (χ0) is 20.6. The number of imide groups is 1. The lowest BCUT2D eigenvalue weighted by molar-refractivity contribution is -0.169. The van der Waals surface area contributed by atoms with Crippen molar-refractivity contribution >= 4 is 30.1 Å².